The molecule has 1 saturated carbocycles. The van der Waals surface area contributed by atoms with Gasteiger partial charge in [0.2, 0.25) is 5.91 Å². The molecule has 128 valence electrons. The molecule has 1 fully saturated rings. The van der Waals surface area contributed by atoms with Crippen LogP contribution in [0.4, 0.5) is 0 Å². The van der Waals surface area contributed by atoms with Gasteiger partial charge in [0.25, 0.3) is 0 Å². The molecule has 5 heteroatoms. The minimum atomic E-state index is -1.26. The molecule has 0 spiro atoms. The van der Waals surface area contributed by atoms with E-state index in [0.29, 0.717) is 5.75 Å². The van der Waals surface area contributed by atoms with Gasteiger partial charge in [-0.05, 0) is 39.7 Å². The molecular weight excluding hydrogens is 310 g/mol. The average Bonchev–Trinajstić information content (AvgIpc) is 3.00. The van der Waals surface area contributed by atoms with Gasteiger partial charge in [-0.3, -0.25) is 9.00 Å². The van der Waals surface area contributed by atoms with E-state index in [1.165, 1.54) is 12.8 Å². The number of nitrogens with one attached hydrogen (secondary N) is 1. The third-order valence-corrected chi connectivity index (χ3v) is 5.70. The summed E-state index contributed by atoms with van der Waals surface area (Å²) in [6.45, 7) is 5.67. The van der Waals surface area contributed by atoms with Crippen LogP contribution in [0.15, 0.2) is 24.3 Å². The number of benzene rings is 1. The summed E-state index contributed by atoms with van der Waals surface area (Å²) < 4.78 is 18.3. The van der Waals surface area contributed by atoms with Crippen LogP contribution < -0.4 is 10.1 Å². The molecule has 0 saturated heterocycles. The molecule has 1 aromatic carbocycles. The van der Waals surface area contributed by atoms with Crippen LogP contribution in [-0.4, -0.2) is 27.5 Å². The third kappa shape index (κ3) is 5.34. The summed E-state index contributed by atoms with van der Waals surface area (Å²) in [5, 5.41) is 2.52. The summed E-state index contributed by atoms with van der Waals surface area (Å²) >= 11 is 0. The zero-order valence-electron chi connectivity index (χ0n) is 14.2. The highest BCUT2D eigenvalue weighted by atomic mass is 32.2. The molecule has 1 aromatic rings. The van der Waals surface area contributed by atoms with Gasteiger partial charge in [0, 0.05) is 22.4 Å². The quantitative estimate of drug-likeness (QED) is 0.831. The predicted octanol–water partition coefficient (Wildman–Crippen LogP) is 3.17. The van der Waals surface area contributed by atoms with E-state index in [1.807, 2.05) is 38.1 Å². The largest absolute Gasteiger partial charge is 0.491 e. The minimum absolute atomic E-state index is 0.0627. The molecule has 1 aliphatic rings. The Morgan fingerprint density at radius 3 is 2.57 bits per heavy atom. The fourth-order valence-corrected chi connectivity index (χ4v) is 3.88. The van der Waals surface area contributed by atoms with Gasteiger partial charge in [0.05, 0.1) is 11.9 Å². The van der Waals surface area contributed by atoms with Gasteiger partial charge in [-0.2, -0.15) is 0 Å². The molecular formula is C18H27NO3S. The van der Waals surface area contributed by atoms with E-state index >= 15 is 0 Å². The second-order valence-corrected chi connectivity index (χ2v) is 8.19. The van der Waals surface area contributed by atoms with Crippen LogP contribution in [0.1, 0.15) is 52.0 Å². The van der Waals surface area contributed by atoms with E-state index in [-0.39, 0.29) is 18.1 Å². The van der Waals surface area contributed by atoms with Gasteiger partial charge in [-0.25, -0.2) is 0 Å². The lowest BCUT2D eigenvalue weighted by Gasteiger charge is -2.18. The van der Waals surface area contributed by atoms with E-state index in [4.69, 9.17) is 4.74 Å². The lowest BCUT2D eigenvalue weighted by atomic mass is 10.2. The predicted molar refractivity (Wildman–Crippen MR) is 93.9 cm³/mol. The van der Waals surface area contributed by atoms with Crippen molar-refractivity contribution in [3.8, 4) is 5.75 Å². The molecule has 1 N–H and O–H groups in total. The first-order valence-corrected chi connectivity index (χ1v) is 9.77. The first-order valence-electron chi connectivity index (χ1n) is 8.39. The van der Waals surface area contributed by atoms with Crippen molar-refractivity contribution in [2.45, 2.75) is 69.6 Å². The maximum Gasteiger partial charge on any atom is 0.235 e. The lowest BCUT2D eigenvalue weighted by Crippen LogP contribution is -2.40. The topological polar surface area (TPSA) is 55.4 Å². The fraction of sp³-hybridized carbons (Fsp3) is 0.611. The maximum atomic E-state index is 12.6. The van der Waals surface area contributed by atoms with E-state index in [0.717, 1.165) is 24.2 Å². The summed E-state index contributed by atoms with van der Waals surface area (Å²) in [5.74, 6) is 0.985. The zero-order chi connectivity index (χ0) is 16.8. The van der Waals surface area contributed by atoms with Crippen molar-refractivity contribution >= 4 is 16.7 Å². The monoisotopic (exact) mass is 337 g/mol. The lowest BCUT2D eigenvalue weighted by molar-refractivity contribution is -0.121. The molecule has 0 radical (unpaired) electrons. The summed E-state index contributed by atoms with van der Waals surface area (Å²) in [7, 11) is -1.26. The Morgan fingerprint density at radius 1 is 1.26 bits per heavy atom. The van der Waals surface area contributed by atoms with Gasteiger partial charge in [0.1, 0.15) is 11.0 Å². The van der Waals surface area contributed by atoms with Crippen molar-refractivity contribution in [3.05, 3.63) is 29.8 Å². The van der Waals surface area contributed by atoms with Gasteiger partial charge < -0.3 is 10.1 Å². The van der Waals surface area contributed by atoms with E-state index in [9.17, 15) is 9.00 Å². The Kier molecular flexibility index (Phi) is 6.63. The number of hydrogen-bond donors (Lipinski definition) is 1. The van der Waals surface area contributed by atoms with Crippen molar-refractivity contribution in [1.29, 1.82) is 0 Å². The standard InChI is InChI=1S/C18H27NO3S/c1-13(2)22-17-11-7-4-8-15(17)12-23(21)14(3)18(20)19-16-9-5-6-10-16/h4,7-8,11,13-14,16H,5-6,9-10,12H2,1-3H3,(H,19,20)/t14-,23+/m1/s1. The minimum Gasteiger partial charge on any atom is -0.491 e. The van der Waals surface area contributed by atoms with Crippen molar-refractivity contribution in [1.82, 2.24) is 5.32 Å². The van der Waals surface area contributed by atoms with Crippen LogP contribution in [0.25, 0.3) is 0 Å². The number of carbonyl (C=O) groups is 1. The first-order chi connectivity index (χ1) is 11.0. The molecule has 0 aliphatic heterocycles. The van der Waals surface area contributed by atoms with Gasteiger partial charge in [-0.1, -0.05) is 31.0 Å². The SMILES string of the molecule is CC(C)Oc1ccccc1C[S@](=O)[C@H](C)C(=O)NC1CCCC1. The Hall–Kier alpha value is -1.36. The number of amides is 1. The smallest absolute Gasteiger partial charge is 0.235 e. The molecule has 0 aromatic heterocycles. The molecule has 1 aliphatic carbocycles. The molecule has 23 heavy (non-hydrogen) atoms. The second-order valence-electron chi connectivity index (χ2n) is 6.43. The molecule has 2 atom stereocenters. The average molecular weight is 337 g/mol. The van der Waals surface area contributed by atoms with Gasteiger partial charge in [-0.15, -0.1) is 0 Å². The summed E-state index contributed by atoms with van der Waals surface area (Å²) in [6, 6.07) is 7.87. The molecule has 2 rings (SSSR count). The van der Waals surface area contributed by atoms with Crippen LogP contribution in [-0.2, 0) is 21.3 Å². The Morgan fingerprint density at radius 2 is 1.91 bits per heavy atom. The zero-order valence-corrected chi connectivity index (χ0v) is 15.0. The summed E-state index contributed by atoms with van der Waals surface area (Å²) in [6.07, 6.45) is 4.48. The van der Waals surface area contributed by atoms with Crippen LogP contribution in [0.2, 0.25) is 0 Å². The number of rotatable bonds is 7. The van der Waals surface area contributed by atoms with Gasteiger partial charge >= 0.3 is 0 Å². The first kappa shape index (κ1) is 18.0. The molecule has 4 nitrogen and oxygen atoms in total. The molecule has 1 amide bonds. The third-order valence-electron chi connectivity index (χ3n) is 4.10. The Balaban J connectivity index is 1.96. The van der Waals surface area contributed by atoms with Crippen LogP contribution in [0.5, 0.6) is 5.75 Å². The van der Waals surface area contributed by atoms with Crippen LogP contribution in [0, 0.1) is 0 Å². The molecule has 0 heterocycles. The number of para-hydroxylation sites is 1. The van der Waals surface area contributed by atoms with Crippen molar-refractivity contribution < 1.29 is 13.7 Å². The Labute approximate surface area is 141 Å². The summed E-state index contributed by atoms with van der Waals surface area (Å²) in [5.41, 5.74) is 0.889. The van der Waals surface area contributed by atoms with E-state index < -0.39 is 16.0 Å². The highest BCUT2D eigenvalue weighted by molar-refractivity contribution is 7.85. The fourth-order valence-electron chi connectivity index (χ4n) is 2.78. The second kappa shape index (κ2) is 8.48. The number of ether oxygens (including phenoxy) is 1. The normalized spacial score (nSPS) is 17.9. The number of carbonyl (C=O) groups excluding carboxylic acids is 1. The number of hydrogen-bond acceptors (Lipinski definition) is 3. The maximum absolute atomic E-state index is 12.6. The van der Waals surface area contributed by atoms with Crippen molar-refractivity contribution in [2.24, 2.45) is 0 Å². The highest BCUT2D eigenvalue weighted by Crippen LogP contribution is 2.22. The van der Waals surface area contributed by atoms with Crippen molar-refractivity contribution in [2.75, 3.05) is 0 Å². The highest BCUT2D eigenvalue weighted by Gasteiger charge is 2.25. The van der Waals surface area contributed by atoms with E-state index in [2.05, 4.69) is 5.32 Å². The molecule has 0 bridgehead atoms. The van der Waals surface area contributed by atoms with Crippen LogP contribution >= 0.6 is 0 Å². The van der Waals surface area contributed by atoms with Crippen molar-refractivity contribution in [3.63, 3.8) is 0 Å². The molecule has 0 unspecified atom stereocenters. The summed E-state index contributed by atoms with van der Waals surface area (Å²) in [4.78, 5) is 12.3. The van der Waals surface area contributed by atoms with Crippen LogP contribution in [0.3, 0.4) is 0 Å². The Bertz CT molecular complexity index is 553. The van der Waals surface area contributed by atoms with Gasteiger partial charge in [0.15, 0.2) is 0 Å². The van der Waals surface area contributed by atoms with E-state index in [1.54, 1.807) is 6.92 Å².